The fourth-order valence-corrected chi connectivity index (χ4v) is 3.85. The van der Waals surface area contributed by atoms with Crippen molar-refractivity contribution >= 4 is 27.3 Å². The molecule has 1 atom stereocenters. The van der Waals surface area contributed by atoms with Gasteiger partial charge in [0.05, 0.1) is 6.26 Å². The molecule has 0 saturated heterocycles. The summed E-state index contributed by atoms with van der Waals surface area (Å²) in [7, 11) is 0. The van der Waals surface area contributed by atoms with Crippen LogP contribution >= 0.6 is 0 Å². The van der Waals surface area contributed by atoms with Crippen molar-refractivity contribution in [2.24, 2.45) is 5.92 Å². The molecular weight excluding hydrogens is 308 g/mol. The van der Waals surface area contributed by atoms with E-state index in [1.54, 1.807) is 11.1 Å². The monoisotopic (exact) mass is 330 g/mol. The maximum atomic E-state index is 10.0. The highest BCUT2D eigenvalue weighted by molar-refractivity contribution is 6.08. The van der Waals surface area contributed by atoms with E-state index >= 15 is 0 Å². The first-order valence-corrected chi connectivity index (χ1v) is 8.95. The van der Waals surface area contributed by atoms with Crippen molar-refractivity contribution in [2.75, 3.05) is 6.61 Å². The molecule has 126 valence electrons. The Morgan fingerprint density at radius 3 is 2.56 bits per heavy atom. The zero-order valence-corrected chi connectivity index (χ0v) is 14.5. The summed E-state index contributed by atoms with van der Waals surface area (Å²) in [6.07, 6.45) is 6.64. The van der Waals surface area contributed by atoms with Gasteiger partial charge >= 0.3 is 0 Å². The van der Waals surface area contributed by atoms with Crippen molar-refractivity contribution in [3.8, 4) is 0 Å². The quantitative estimate of drug-likeness (QED) is 0.528. The molecule has 0 spiro atoms. The first-order valence-electron chi connectivity index (χ1n) is 8.95. The van der Waals surface area contributed by atoms with Crippen molar-refractivity contribution in [3.63, 3.8) is 0 Å². The van der Waals surface area contributed by atoms with Gasteiger partial charge in [-0.1, -0.05) is 55.5 Å². The minimum Gasteiger partial charge on any atom is -0.493 e. The predicted octanol–water partition coefficient (Wildman–Crippen LogP) is 5.22. The van der Waals surface area contributed by atoms with Gasteiger partial charge in [-0.3, -0.25) is 4.79 Å². The minimum atomic E-state index is 0.0509. The third-order valence-corrected chi connectivity index (χ3v) is 5.17. The second-order valence-corrected chi connectivity index (χ2v) is 7.01. The summed E-state index contributed by atoms with van der Waals surface area (Å²) in [6.45, 7) is 2.60. The number of hydrogen-bond donors (Lipinski definition) is 0. The van der Waals surface area contributed by atoms with E-state index in [2.05, 4.69) is 60.2 Å². The topological polar surface area (TPSA) is 26.3 Å². The summed E-state index contributed by atoms with van der Waals surface area (Å²) < 4.78 is 4.53. The smallest absolute Gasteiger partial charge is 0.196 e. The Morgan fingerprint density at radius 2 is 1.80 bits per heavy atom. The molecule has 3 aromatic carbocycles. The molecule has 25 heavy (non-hydrogen) atoms. The fraction of sp³-hybridized carbons (Fsp3) is 0.261. The number of hydrogen-bond acceptors (Lipinski definition) is 2. The van der Waals surface area contributed by atoms with Gasteiger partial charge in [-0.25, -0.2) is 0 Å². The Labute approximate surface area is 148 Å². The summed E-state index contributed by atoms with van der Waals surface area (Å²) in [4.78, 5) is 10.0. The highest BCUT2D eigenvalue weighted by Gasteiger charge is 2.17. The van der Waals surface area contributed by atoms with Crippen molar-refractivity contribution in [2.45, 2.75) is 26.2 Å². The van der Waals surface area contributed by atoms with E-state index in [0.29, 0.717) is 0 Å². The van der Waals surface area contributed by atoms with Crippen LogP contribution in [0.5, 0.6) is 0 Å². The van der Waals surface area contributed by atoms with E-state index in [0.717, 1.165) is 5.92 Å². The third-order valence-electron chi connectivity index (χ3n) is 5.17. The van der Waals surface area contributed by atoms with Gasteiger partial charge in [0.1, 0.15) is 6.61 Å². The van der Waals surface area contributed by atoms with Crippen LogP contribution in [0, 0.1) is 5.92 Å². The lowest BCUT2D eigenvalue weighted by molar-refractivity contribution is -0.115. The highest BCUT2D eigenvalue weighted by Crippen LogP contribution is 2.34. The van der Waals surface area contributed by atoms with Gasteiger partial charge in [-0.2, -0.15) is 0 Å². The Hall–Kier alpha value is -2.61. The summed E-state index contributed by atoms with van der Waals surface area (Å²) in [5.41, 5.74) is 3.17. The standard InChI is InChI=1S/C19H18.C4H4O2/c1-13-6-9-17-15(12-13)8-11-18-16-5-3-2-4-14(16)7-10-19(17)18;5-4-1-2-6-3-4/h2-5,7-8,10-11,13H,6,9,12H2,1H3;1-2H,3H2. The fourth-order valence-electron chi connectivity index (χ4n) is 3.85. The zero-order chi connectivity index (χ0) is 17.2. The lowest BCUT2D eigenvalue weighted by Crippen LogP contribution is -2.11. The molecule has 1 aliphatic carbocycles. The molecule has 5 rings (SSSR count). The number of carbonyl (C=O) groups excluding carboxylic acids is 1. The summed E-state index contributed by atoms with van der Waals surface area (Å²) in [5, 5.41) is 5.63. The number of ether oxygens (including phenoxy) is 1. The summed E-state index contributed by atoms with van der Waals surface area (Å²) >= 11 is 0. The molecule has 1 unspecified atom stereocenters. The number of ketones is 1. The molecule has 0 bridgehead atoms. The summed E-state index contributed by atoms with van der Waals surface area (Å²) in [5.74, 6) is 0.889. The van der Waals surface area contributed by atoms with E-state index in [-0.39, 0.29) is 12.4 Å². The van der Waals surface area contributed by atoms with Crippen molar-refractivity contribution in [3.05, 3.63) is 72.0 Å². The molecule has 3 aromatic rings. The van der Waals surface area contributed by atoms with Crippen molar-refractivity contribution < 1.29 is 9.53 Å². The Morgan fingerprint density at radius 1 is 0.960 bits per heavy atom. The molecule has 0 amide bonds. The summed E-state index contributed by atoms with van der Waals surface area (Å²) in [6, 6.07) is 18.0. The molecule has 0 N–H and O–H groups in total. The van der Waals surface area contributed by atoms with E-state index in [9.17, 15) is 4.79 Å². The van der Waals surface area contributed by atoms with E-state index in [1.165, 1.54) is 53.1 Å². The van der Waals surface area contributed by atoms with Gasteiger partial charge in [0, 0.05) is 6.08 Å². The van der Waals surface area contributed by atoms with E-state index < -0.39 is 0 Å². The van der Waals surface area contributed by atoms with Gasteiger partial charge in [-0.05, 0) is 57.9 Å². The van der Waals surface area contributed by atoms with Crippen LogP contribution in [0.2, 0.25) is 0 Å². The zero-order valence-electron chi connectivity index (χ0n) is 14.5. The van der Waals surface area contributed by atoms with Crippen LogP contribution in [0.4, 0.5) is 0 Å². The molecule has 0 aromatic heterocycles. The van der Waals surface area contributed by atoms with Crippen LogP contribution in [-0.2, 0) is 22.4 Å². The van der Waals surface area contributed by atoms with Gasteiger partial charge in [0.15, 0.2) is 5.78 Å². The average molecular weight is 330 g/mol. The van der Waals surface area contributed by atoms with Crippen LogP contribution in [0.25, 0.3) is 21.5 Å². The first-order chi connectivity index (χ1) is 12.2. The minimum absolute atomic E-state index is 0.0509. The van der Waals surface area contributed by atoms with Gasteiger partial charge in [0.2, 0.25) is 0 Å². The lowest BCUT2D eigenvalue weighted by atomic mass is 9.82. The highest BCUT2D eigenvalue weighted by atomic mass is 16.5. The maximum Gasteiger partial charge on any atom is 0.196 e. The van der Waals surface area contributed by atoms with E-state index in [4.69, 9.17) is 0 Å². The van der Waals surface area contributed by atoms with Crippen LogP contribution in [0.3, 0.4) is 0 Å². The first kappa shape index (κ1) is 15.9. The second-order valence-electron chi connectivity index (χ2n) is 7.01. The van der Waals surface area contributed by atoms with Crippen LogP contribution in [0.1, 0.15) is 24.5 Å². The predicted molar refractivity (Wildman–Crippen MR) is 103 cm³/mol. The molecule has 2 nitrogen and oxygen atoms in total. The molecule has 1 aliphatic heterocycles. The normalized spacial score (nSPS) is 18.6. The van der Waals surface area contributed by atoms with Crippen molar-refractivity contribution in [1.29, 1.82) is 0 Å². The van der Waals surface area contributed by atoms with Crippen LogP contribution in [0.15, 0.2) is 60.9 Å². The van der Waals surface area contributed by atoms with Crippen LogP contribution in [-0.4, -0.2) is 12.4 Å². The Balaban J connectivity index is 0.000000223. The molecule has 2 heteroatoms. The molecule has 0 fully saturated rings. The van der Waals surface area contributed by atoms with Crippen molar-refractivity contribution in [1.82, 2.24) is 0 Å². The van der Waals surface area contributed by atoms with Gasteiger partial charge in [-0.15, -0.1) is 0 Å². The maximum absolute atomic E-state index is 10.0. The third kappa shape index (κ3) is 3.17. The largest absolute Gasteiger partial charge is 0.493 e. The number of rotatable bonds is 0. The number of benzene rings is 3. The number of fused-ring (bicyclic) bond motifs is 5. The molecule has 2 aliphatic rings. The molecule has 0 radical (unpaired) electrons. The number of aryl methyl sites for hydroxylation is 1. The molecule has 0 saturated carbocycles. The molecular formula is C23H22O2. The number of carbonyl (C=O) groups is 1. The van der Waals surface area contributed by atoms with Crippen LogP contribution < -0.4 is 0 Å². The lowest BCUT2D eigenvalue weighted by Gasteiger charge is -2.23. The molecule has 1 heterocycles. The Bertz CT molecular complexity index is 968. The van der Waals surface area contributed by atoms with E-state index in [1.807, 2.05) is 0 Å². The average Bonchev–Trinajstić information content (AvgIpc) is 3.12. The SMILES string of the molecule is CC1CCc2c(ccc3c2ccc2ccccc23)C1.O=C1C=COC1. The van der Waals surface area contributed by atoms with Gasteiger partial charge in [0.25, 0.3) is 0 Å². The second kappa shape index (κ2) is 6.72. The Kier molecular flexibility index (Phi) is 4.27. The van der Waals surface area contributed by atoms with Gasteiger partial charge < -0.3 is 4.74 Å².